The van der Waals surface area contributed by atoms with Crippen molar-refractivity contribution in [3.8, 4) is 0 Å². The summed E-state index contributed by atoms with van der Waals surface area (Å²) in [7, 11) is 0. The molecule has 1 aliphatic heterocycles. The van der Waals surface area contributed by atoms with Gasteiger partial charge in [-0.25, -0.2) is 0 Å². The molecular weight excluding hydrogens is 202 g/mol. The summed E-state index contributed by atoms with van der Waals surface area (Å²) in [5, 5.41) is 13.9. The molecule has 0 aromatic carbocycles. The van der Waals surface area contributed by atoms with Crippen molar-refractivity contribution >= 4 is 0 Å². The van der Waals surface area contributed by atoms with Crippen molar-refractivity contribution in [3.63, 3.8) is 0 Å². The molecule has 1 atom stereocenters. The number of nitrogens with one attached hydrogen (secondary N) is 4. The molecule has 0 bridgehead atoms. The summed E-state index contributed by atoms with van der Waals surface area (Å²) >= 11 is 0. The third-order valence-electron chi connectivity index (χ3n) is 3.68. The molecule has 0 aromatic heterocycles. The van der Waals surface area contributed by atoms with Crippen molar-refractivity contribution < 1.29 is 0 Å². The molecule has 0 aromatic rings. The third-order valence-corrected chi connectivity index (χ3v) is 3.68. The fraction of sp³-hybridized carbons (Fsp3) is 1.00. The lowest BCUT2D eigenvalue weighted by molar-refractivity contribution is 0.165. The SMILES string of the molecule is NC1CCNCNC2(CCCCC2)NCN1. The molecule has 94 valence electrons. The van der Waals surface area contributed by atoms with Gasteiger partial charge in [0.05, 0.1) is 11.8 Å². The molecule has 1 saturated carbocycles. The van der Waals surface area contributed by atoms with Crippen LogP contribution in [0.15, 0.2) is 0 Å². The maximum absolute atomic E-state index is 5.93. The molecule has 1 saturated heterocycles. The molecule has 0 amide bonds. The van der Waals surface area contributed by atoms with E-state index in [-0.39, 0.29) is 11.8 Å². The molecule has 16 heavy (non-hydrogen) atoms. The van der Waals surface area contributed by atoms with Crippen LogP contribution in [0, 0.1) is 0 Å². The van der Waals surface area contributed by atoms with E-state index in [4.69, 9.17) is 5.73 Å². The van der Waals surface area contributed by atoms with Gasteiger partial charge in [-0.05, 0) is 25.8 Å². The fourth-order valence-electron chi connectivity index (χ4n) is 2.60. The average Bonchev–Trinajstić information content (AvgIpc) is 2.30. The maximum Gasteiger partial charge on any atom is 0.0706 e. The van der Waals surface area contributed by atoms with E-state index in [1.54, 1.807) is 0 Å². The van der Waals surface area contributed by atoms with E-state index in [2.05, 4.69) is 21.3 Å². The highest BCUT2D eigenvalue weighted by molar-refractivity contribution is 4.88. The summed E-state index contributed by atoms with van der Waals surface area (Å²) in [5.41, 5.74) is 6.05. The number of rotatable bonds is 0. The predicted molar refractivity (Wildman–Crippen MR) is 65.6 cm³/mol. The lowest BCUT2D eigenvalue weighted by Crippen LogP contribution is -2.63. The quantitative estimate of drug-likeness (QED) is 0.390. The minimum atomic E-state index is 0.0961. The van der Waals surface area contributed by atoms with Crippen LogP contribution in [0.1, 0.15) is 38.5 Å². The van der Waals surface area contributed by atoms with Crippen LogP contribution in [0.3, 0.4) is 0 Å². The molecule has 1 aliphatic carbocycles. The first-order chi connectivity index (χ1) is 7.81. The number of hydrogen-bond donors (Lipinski definition) is 5. The Labute approximate surface area is 97.9 Å². The lowest BCUT2D eigenvalue weighted by Gasteiger charge is -2.40. The van der Waals surface area contributed by atoms with Gasteiger partial charge in [-0.2, -0.15) is 0 Å². The van der Waals surface area contributed by atoms with Gasteiger partial charge in [-0.15, -0.1) is 0 Å². The van der Waals surface area contributed by atoms with Crippen molar-refractivity contribution in [1.29, 1.82) is 0 Å². The highest BCUT2D eigenvalue weighted by Gasteiger charge is 2.30. The van der Waals surface area contributed by atoms with E-state index in [0.29, 0.717) is 0 Å². The molecule has 1 heterocycles. The minimum absolute atomic E-state index is 0.0961. The van der Waals surface area contributed by atoms with E-state index >= 15 is 0 Å². The zero-order chi connectivity index (χ0) is 11.3. The first kappa shape index (κ1) is 12.3. The van der Waals surface area contributed by atoms with Crippen LogP contribution in [-0.4, -0.2) is 31.7 Å². The maximum atomic E-state index is 5.93. The van der Waals surface area contributed by atoms with Crippen LogP contribution in [0.2, 0.25) is 0 Å². The molecule has 2 fully saturated rings. The highest BCUT2D eigenvalue weighted by atomic mass is 15.3. The summed E-state index contributed by atoms with van der Waals surface area (Å²) < 4.78 is 0. The van der Waals surface area contributed by atoms with Crippen molar-refractivity contribution in [2.45, 2.75) is 50.4 Å². The summed E-state index contributed by atoms with van der Waals surface area (Å²) in [6.07, 6.45) is 7.48. The lowest BCUT2D eigenvalue weighted by atomic mass is 9.89. The topological polar surface area (TPSA) is 74.1 Å². The molecule has 1 unspecified atom stereocenters. The van der Waals surface area contributed by atoms with Crippen molar-refractivity contribution in [3.05, 3.63) is 0 Å². The Morgan fingerprint density at radius 3 is 2.56 bits per heavy atom. The van der Waals surface area contributed by atoms with Crippen molar-refractivity contribution in [2.75, 3.05) is 19.9 Å². The molecule has 0 radical (unpaired) electrons. The smallest absolute Gasteiger partial charge is 0.0706 e. The Morgan fingerprint density at radius 1 is 1.00 bits per heavy atom. The molecule has 5 heteroatoms. The van der Waals surface area contributed by atoms with Gasteiger partial charge in [0.25, 0.3) is 0 Å². The zero-order valence-electron chi connectivity index (χ0n) is 10.0. The van der Waals surface area contributed by atoms with Gasteiger partial charge >= 0.3 is 0 Å². The zero-order valence-corrected chi connectivity index (χ0v) is 10.0. The standard InChI is InChI=1S/C11H25N5/c12-10-4-7-13-8-15-11(16-9-14-10)5-2-1-3-6-11/h10,13-16H,1-9,12H2. The van der Waals surface area contributed by atoms with Crippen LogP contribution < -0.4 is 27.0 Å². The van der Waals surface area contributed by atoms with Gasteiger partial charge in [0.15, 0.2) is 0 Å². The Hall–Kier alpha value is -0.200. The van der Waals surface area contributed by atoms with Gasteiger partial charge in [0.2, 0.25) is 0 Å². The van der Waals surface area contributed by atoms with Gasteiger partial charge in [0.1, 0.15) is 0 Å². The van der Waals surface area contributed by atoms with Crippen molar-refractivity contribution in [1.82, 2.24) is 21.3 Å². The first-order valence-corrected chi connectivity index (χ1v) is 6.51. The molecular formula is C11H25N5. The summed E-state index contributed by atoms with van der Waals surface area (Å²) in [5.74, 6) is 0. The van der Waals surface area contributed by atoms with Gasteiger partial charge in [-0.3, -0.25) is 16.0 Å². The van der Waals surface area contributed by atoms with Crippen LogP contribution in [-0.2, 0) is 0 Å². The van der Waals surface area contributed by atoms with Gasteiger partial charge < -0.3 is 11.1 Å². The summed E-state index contributed by atoms with van der Waals surface area (Å²) in [6.45, 7) is 2.64. The Morgan fingerprint density at radius 2 is 1.75 bits per heavy atom. The predicted octanol–water partition coefficient (Wildman–Crippen LogP) is -0.391. The Bertz CT molecular complexity index is 203. The third kappa shape index (κ3) is 3.40. The first-order valence-electron chi connectivity index (χ1n) is 6.51. The molecule has 2 rings (SSSR count). The summed E-state index contributed by atoms with van der Waals surface area (Å²) in [6, 6.07) is 0. The van der Waals surface area contributed by atoms with E-state index in [9.17, 15) is 0 Å². The van der Waals surface area contributed by atoms with E-state index < -0.39 is 0 Å². The van der Waals surface area contributed by atoms with E-state index in [1.165, 1.54) is 32.1 Å². The van der Waals surface area contributed by atoms with Crippen LogP contribution >= 0.6 is 0 Å². The van der Waals surface area contributed by atoms with Crippen LogP contribution in [0.4, 0.5) is 0 Å². The largest absolute Gasteiger partial charge is 0.316 e. The second-order valence-electron chi connectivity index (χ2n) is 4.95. The van der Waals surface area contributed by atoms with Gasteiger partial charge in [-0.1, -0.05) is 19.3 Å². The number of nitrogens with two attached hydrogens (primary N) is 1. The second-order valence-corrected chi connectivity index (χ2v) is 4.95. The van der Waals surface area contributed by atoms with Gasteiger partial charge in [0, 0.05) is 13.3 Å². The Kier molecular flexibility index (Phi) is 4.55. The fourth-order valence-corrected chi connectivity index (χ4v) is 2.60. The Balaban J connectivity index is 1.89. The number of hydrogen-bond acceptors (Lipinski definition) is 5. The van der Waals surface area contributed by atoms with E-state index in [0.717, 1.165) is 26.3 Å². The van der Waals surface area contributed by atoms with Crippen LogP contribution in [0.25, 0.3) is 0 Å². The minimum Gasteiger partial charge on any atom is -0.316 e. The van der Waals surface area contributed by atoms with E-state index in [1.807, 2.05) is 0 Å². The average molecular weight is 227 g/mol. The summed E-state index contributed by atoms with van der Waals surface area (Å²) in [4.78, 5) is 0. The molecule has 2 aliphatic rings. The molecule has 6 N–H and O–H groups in total. The normalized spacial score (nSPS) is 32.4. The molecule has 5 nitrogen and oxygen atoms in total. The molecule has 1 spiro atoms. The highest BCUT2D eigenvalue weighted by Crippen LogP contribution is 2.25. The van der Waals surface area contributed by atoms with Crippen molar-refractivity contribution in [2.24, 2.45) is 5.73 Å². The second kappa shape index (κ2) is 5.93. The monoisotopic (exact) mass is 227 g/mol. The van der Waals surface area contributed by atoms with Crippen LogP contribution in [0.5, 0.6) is 0 Å².